The molecule has 3 aromatic rings. The van der Waals surface area contributed by atoms with Crippen molar-refractivity contribution in [3.05, 3.63) is 83.7 Å². The number of methoxy groups -OCH3 is 2. The Morgan fingerprint density at radius 3 is 2.26 bits per heavy atom. The van der Waals surface area contributed by atoms with E-state index in [9.17, 15) is 14.7 Å². The molecule has 1 N–H and O–H groups in total. The molecule has 2 heterocycles. The number of aliphatic hydroxyl groups excluding tert-OH is 1. The van der Waals surface area contributed by atoms with E-state index in [0.29, 0.717) is 35.1 Å². The summed E-state index contributed by atoms with van der Waals surface area (Å²) < 4.78 is 16.4. The zero-order chi connectivity index (χ0) is 24.2. The molecule has 34 heavy (non-hydrogen) atoms. The molecule has 8 nitrogen and oxygen atoms in total. The Morgan fingerprint density at radius 2 is 1.65 bits per heavy atom. The van der Waals surface area contributed by atoms with Gasteiger partial charge in [0.15, 0.2) is 0 Å². The lowest BCUT2D eigenvalue weighted by Gasteiger charge is -2.26. The molecule has 1 fully saturated rings. The normalized spacial score (nSPS) is 17.0. The van der Waals surface area contributed by atoms with Crippen LogP contribution in [0.5, 0.6) is 17.2 Å². The number of ketones is 1. The van der Waals surface area contributed by atoms with Crippen molar-refractivity contribution in [2.24, 2.45) is 0 Å². The SMILES string of the molecule is CCOc1cccc(N2C(=O)C(=O)/C(=C(/O)c3c(OC)cccc3OC)C2c2ccncc2)c1. The number of pyridine rings is 1. The third-order valence-corrected chi connectivity index (χ3v) is 5.54. The molecular weight excluding hydrogens is 436 g/mol. The van der Waals surface area contributed by atoms with Crippen molar-refractivity contribution in [1.82, 2.24) is 4.98 Å². The lowest BCUT2D eigenvalue weighted by molar-refractivity contribution is -0.132. The lowest BCUT2D eigenvalue weighted by atomic mass is 9.95. The van der Waals surface area contributed by atoms with Gasteiger partial charge < -0.3 is 19.3 Å². The summed E-state index contributed by atoms with van der Waals surface area (Å²) in [6, 6.07) is 14.4. The second-order valence-electron chi connectivity index (χ2n) is 7.42. The number of amides is 1. The third-order valence-electron chi connectivity index (χ3n) is 5.54. The number of benzene rings is 2. The smallest absolute Gasteiger partial charge is 0.300 e. The Labute approximate surface area is 197 Å². The largest absolute Gasteiger partial charge is 0.506 e. The van der Waals surface area contributed by atoms with E-state index in [1.165, 1.54) is 19.1 Å². The van der Waals surface area contributed by atoms with Crippen LogP contribution in [0.15, 0.2) is 72.6 Å². The van der Waals surface area contributed by atoms with Gasteiger partial charge in [0.05, 0.1) is 32.4 Å². The third kappa shape index (κ3) is 3.94. The van der Waals surface area contributed by atoms with Gasteiger partial charge in [0, 0.05) is 24.1 Å². The quantitative estimate of drug-likeness (QED) is 0.322. The van der Waals surface area contributed by atoms with Gasteiger partial charge >= 0.3 is 0 Å². The zero-order valence-electron chi connectivity index (χ0n) is 19.0. The molecule has 8 heteroatoms. The van der Waals surface area contributed by atoms with Gasteiger partial charge in [0.1, 0.15) is 28.6 Å². The van der Waals surface area contributed by atoms with Gasteiger partial charge in [-0.15, -0.1) is 0 Å². The molecule has 1 aliphatic rings. The minimum atomic E-state index is -0.908. The average Bonchev–Trinajstić information content (AvgIpc) is 3.14. The van der Waals surface area contributed by atoms with Crippen LogP contribution in [-0.4, -0.2) is 42.6 Å². The summed E-state index contributed by atoms with van der Waals surface area (Å²) in [7, 11) is 2.90. The molecule has 0 radical (unpaired) electrons. The van der Waals surface area contributed by atoms with Gasteiger partial charge in [-0.2, -0.15) is 0 Å². The Kier molecular flexibility index (Phi) is 6.49. The van der Waals surface area contributed by atoms with E-state index < -0.39 is 23.5 Å². The first-order valence-electron chi connectivity index (χ1n) is 10.7. The summed E-state index contributed by atoms with van der Waals surface area (Å²) >= 11 is 0. The van der Waals surface area contributed by atoms with Crippen molar-refractivity contribution in [3.8, 4) is 17.2 Å². The van der Waals surface area contributed by atoms with E-state index in [2.05, 4.69) is 4.98 Å². The lowest BCUT2D eigenvalue weighted by Crippen LogP contribution is -2.29. The predicted molar refractivity (Wildman–Crippen MR) is 126 cm³/mol. The molecule has 1 amide bonds. The molecule has 0 spiro atoms. The topological polar surface area (TPSA) is 98.2 Å². The molecule has 1 unspecified atom stereocenters. The van der Waals surface area contributed by atoms with E-state index in [0.717, 1.165) is 0 Å². The first-order chi connectivity index (χ1) is 16.5. The molecular formula is C26H24N2O6. The first kappa shape index (κ1) is 22.8. The number of carbonyl (C=O) groups excluding carboxylic acids is 2. The number of anilines is 1. The number of hydrogen-bond donors (Lipinski definition) is 1. The predicted octanol–water partition coefficient (Wildman–Crippen LogP) is 4.12. The average molecular weight is 460 g/mol. The fraction of sp³-hybridized carbons (Fsp3) is 0.192. The van der Waals surface area contributed by atoms with Gasteiger partial charge in [-0.05, 0) is 48.9 Å². The minimum Gasteiger partial charge on any atom is -0.506 e. The Bertz CT molecular complexity index is 1230. The summed E-state index contributed by atoms with van der Waals surface area (Å²) in [4.78, 5) is 32.1. The van der Waals surface area contributed by atoms with Gasteiger partial charge in [0.25, 0.3) is 11.7 Å². The molecule has 2 aromatic carbocycles. The summed E-state index contributed by atoms with van der Waals surface area (Å²) in [6.07, 6.45) is 3.13. The number of rotatable bonds is 7. The van der Waals surface area contributed by atoms with Crippen molar-refractivity contribution in [2.45, 2.75) is 13.0 Å². The first-order valence-corrected chi connectivity index (χ1v) is 10.7. The van der Waals surface area contributed by atoms with Crippen molar-refractivity contribution in [3.63, 3.8) is 0 Å². The fourth-order valence-electron chi connectivity index (χ4n) is 4.07. The van der Waals surface area contributed by atoms with Gasteiger partial charge in [-0.1, -0.05) is 12.1 Å². The van der Waals surface area contributed by atoms with Crippen LogP contribution >= 0.6 is 0 Å². The van der Waals surface area contributed by atoms with Crippen molar-refractivity contribution in [2.75, 3.05) is 25.7 Å². The number of hydrogen-bond acceptors (Lipinski definition) is 7. The van der Waals surface area contributed by atoms with Crippen LogP contribution in [0.2, 0.25) is 0 Å². The highest BCUT2D eigenvalue weighted by Crippen LogP contribution is 2.45. The number of aromatic nitrogens is 1. The number of ether oxygens (including phenoxy) is 3. The van der Waals surface area contributed by atoms with Gasteiger partial charge in [-0.25, -0.2) is 0 Å². The second-order valence-corrected chi connectivity index (χ2v) is 7.42. The van der Waals surface area contributed by atoms with Crippen LogP contribution in [0.4, 0.5) is 5.69 Å². The highest BCUT2D eigenvalue weighted by molar-refractivity contribution is 6.51. The summed E-state index contributed by atoms with van der Waals surface area (Å²) in [5.74, 6) is -0.829. The monoisotopic (exact) mass is 460 g/mol. The number of carbonyl (C=O) groups is 2. The molecule has 174 valence electrons. The molecule has 0 bridgehead atoms. The van der Waals surface area contributed by atoms with Crippen LogP contribution in [0.1, 0.15) is 24.1 Å². The maximum Gasteiger partial charge on any atom is 0.300 e. The molecule has 1 aromatic heterocycles. The fourth-order valence-corrected chi connectivity index (χ4v) is 4.07. The number of Topliss-reactive ketones (excluding diaryl/α,β-unsaturated/α-hetero) is 1. The summed E-state index contributed by atoms with van der Waals surface area (Å²) in [5, 5.41) is 11.4. The zero-order valence-corrected chi connectivity index (χ0v) is 19.0. The van der Waals surface area contributed by atoms with Crippen LogP contribution in [-0.2, 0) is 9.59 Å². The maximum absolute atomic E-state index is 13.4. The van der Waals surface area contributed by atoms with Crippen molar-refractivity contribution >= 4 is 23.1 Å². The second kappa shape index (κ2) is 9.66. The van der Waals surface area contributed by atoms with Crippen molar-refractivity contribution in [1.29, 1.82) is 0 Å². The summed E-state index contributed by atoms with van der Waals surface area (Å²) in [6.45, 7) is 2.31. The molecule has 1 aliphatic heterocycles. The van der Waals surface area contributed by atoms with E-state index >= 15 is 0 Å². The van der Waals surface area contributed by atoms with Crippen LogP contribution < -0.4 is 19.1 Å². The van der Waals surface area contributed by atoms with Gasteiger partial charge in [-0.3, -0.25) is 19.5 Å². The Hall–Kier alpha value is -4.33. The van der Waals surface area contributed by atoms with Crippen LogP contribution in [0.25, 0.3) is 5.76 Å². The Morgan fingerprint density at radius 1 is 1.00 bits per heavy atom. The minimum absolute atomic E-state index is 0.0826. The maximum atomic E-state index is 13.4. The van der Waals surface area contributed by atoms with Crippen LogP contribution in [0, 0.1) is 0 Å². The van der Waals surface area contributed by atoms with E-state index in [-0.39, 0.29) is 11.1 Å². The van der Waals surface area contributed by atoms with Crippen molar-refractivity contribution < 1.29 is 28.9 Å². The molecule has 0 aliphatic carbocycles. The molecule has 1 atom stereocenters. The number of nitrogens with zero attached hydrogens (tertiary/aromatic N) is 2. The molecule has 4 rings (SSSR count). The molecule has 0 saturated carbocycles. The van der Waals surface area contributed by atoms with Crippen LogP contribution in [0.3, 0.4) is 0 Å². The van der Waals surface area contributed by atoms with Gasteiger partial charge in [0.2, 0.25) is 0 Å². The van der Waals surface area contributed by atoms with E-state index in [1.807, 2.05) is 6.92 Å². The Balaban J connectivity index is 1.98. The highest BCUT2D eigenvalue weighted by atomic mass is 16.5. The summed E-state index contributed by atoms with van der Waals surface area (Å²) in [5.41, 5.74) is 1.17. The van der Waals surface area contributed by atoms with E-state index in [1.54, 1.807) is 67.0 Å². The number of aliphatic hydroxyl groups is 1. The highest BCUT2D eigenvalue weighted by Gasteiger charge is 2.47. The molecule has 1 saturated heterocycles. The van der Waals surface area contributed by atoms with E-state index in [4.69, 9.17) is 14.2 Å². The standard InChI is InChI=1S/C26H24N2O6/c1-4-34-18-8-5-7-17(15-18)28-23(16-11-13-27-14-12-16)22(25(30)26(28)31)24(29)21-19(32-2)9-6-10-20(21)33-3/h5-15,23,29H,4H2,1-3H3/b24-22+.